The second-order valence-corrected chi connectivity index (χ2v) is 14.9. The summed E-state index contributed by atoms with van der Waals surface area (Å²) in [5, 5.41) is 28.5. The molecule has 4 rings (SSSR count). The Balaban J connectivity index is 1.56. The van der Waals surface area contributed by atoms with Gasteiger partial charge in [0.25, 0.3) is 11.6 Å². The first-order chi connectivity index (χ1) is 22.6. The van der Waals surface area contributed by atoms with Crippen LogP contribution in [0, 0.1) is 29.9 Å². The van der Waals surface area contributed by atoms with E-state index in [0.29, 0.717) is 32.2 Å². The molecule has 13 nitrogen and oxygen atoms in total. The fourth-order valence-corrected chi connectivity index (χ4v) is 7.90. The van der Waals surface area contributed by atoms with E-state index in [4.69, 9.17) is 4.74 Å². The average molecular weight is 698 g/mol. The molecule has 0 aliphatic heterocycles. The molecule has 48 heavy (non-hydrogen) atoms. The predicted octanol–water partition coefficient (Wildman–Crippen LogP) is 4.59. The predicted molar refractivity (Wildman–Crippen MR) is 184 cm³/mol. The van der Waals surface area contributed by atoms with Crippen molar-refractivity contribution in [3.63, 3.8) is 0 Å². The first-order valence-electron chi connectivity index (χ1n) is 15.2. The van der Waals surface area contributed by atoms with E-state index >= 15 is 0 Å². The zero-order chi connectivity index (χ0) is 35.2. The van der Waals surface area contributed by atoms with Crippen molar-refractivity contribution in [2.75, 3.05) is 25.0 Å². The van der Waals surface area contributed by atoms with Gasteiger partial charge < -0.3 is 20.5 Å². The van der Waals surface area contributed by atoms with Crippen LogP contribution in [0.2, 0.25) is 0 Å². The van der Waals surface area contributed by atoms with Crippen molar-refractivity contribution in [3.05, 3.63) is 87.5 Å². The van der Waals surface area contributed by atoms with Gasteiger partial charge in [-0.15, -0.1) is 0 Å². The molecule has 1 aromatic heterocycles. The minimum Gasteiger partial charge on any atom is -0.483 e. The number of benzene rings is 3. The SMILES string of the molecule is CC(=O)Nc1nc2ccc(S(=O)(=O)N(CC(C)C)C[C@@H](O)[C@H](Cc3ccccc3)NC(=O)COc3c(C)cc([N+](=O)[O-])cc3C)cc2s1. The maximum absolute atomic E-state index is 14.0. The Bertz CT molecular complexity index is 1870. The van der Waals surface area contributed by atoms with Gasteiger partial charge >= 0.3 is 0 Å². The minimum atomic E-state index is -4.12. The molecule has 0 spiro atoms. The Hall–Kier alpha value is -4.44. The number of nitrogens with zero attached hydrogens (tertiary/aromatic N) is 3. The molecule has 0 saturated carbocycles. The summed E-state index contributed by atoms with van der Waals surface area (Å²) in [4.78, 5) is 39.7. The summed E-state index contributed by atoms with van der Waals surface area (Å²) < 4.78 is 35.5. The number of sulfonamides is 1. The van der Waals surface area contributed by atoms with Crippen molar-refractivity contribution in [1.82, 2.24) is 14.6 Å². The van der Waals surface area contributed by atoms with Crippen LogP contribution in [-0.4, -0.2) is 71.4 Å². The summed E-state index contributed by atoms with van der Waals surface area (Å²) in [5.74, 6) is -0.600. The maximum atomic E-state index is 14.0. The molecular weight excluding hydrogens is 659 g/mol. The molecule has 2 atom stereocenters. The van der Waals surface area contributed by atoms with Crippen LogP contribution in [0.1, 0.15) is 37.5 Å². The molecule has 1 heterocycles. The van der Waals surface area contributed by atoms with E-state index < -0.39 is 39.6 Å². The smallest absolute Gasteiger partial charge is 0.270 e. The highest BCUT2D eigenvalue weighted by Gasteiger charge is 2.32. The molecule has 4 aromatic rings. The van der Waals surface area contributed by atoms with Crippen molar-refractivity contribution in [3.8, 4) is 5.75 Å². The third-order valence-electron chi connectivity index (χ3n) is 7.35. The number of aliphatic hydroxyl groups excluding tert-OH is 1. The largest absolute Gasteiger partial charge is 0.483 e. The van der Waals surface area contributed by atoms with Crippen molar-refractivity contribution in [2.24, 2.45) is 5.92 Å². The number of aromatic nitrogens is 1. The number of thiazole rings is 1. The summed E-state index contributed by atoms with van der Waals surface area (Å²) in [7, 11) is -4.12. The molecule has 256 valence electrons. The van der Waals surface area contributed by atoms with Gasteiger partial charge in [0.15, 0.2) is 11.7 Å². The Labute approximate surface area is 283 Å². The number of amides is 2. The second kappa shape index (κ2) is 15.6. The van der Waals surface area contributed by atoms with Gasteiger partial charge in [-0.2, -0.15) is 4.31 Å². The number of nitro benzene ring substituents is 1. The lowest BCUT2D eigenvalue weighted by molar-refractivity contribution is -0.385. The van der Waals surface area contributed by atoms with E-state index in [-0.39, 0.29) is 41.9 Å². The lowest BCUT2D eigenvalue weighted by atomic mass is 10.0. The zero-order valence-corrected chi connectivity index (χ0v) is 28.9. The third kappa shape index (κ3) is 9.34. The second-order valence-electron chi connectivity index (χ2n) is 11.9. The molecule has 2 amide bonds. The van der Waals surface area contributed by atoms with E-state index in [2.05, 4.69) is 15.6 Å². The minimum absolute atomic E-state index is 0.00626. The van der Waals surface area contributed by atoms with E-state index in [1.807, 2.05) is 44.2 Å². The first kappa shape index (κ1) is 36.4. The van der Waals surface area contributed by atoms with E-state index in [9.17, 15) is 33.2 Å². The lowest BCUT2D eigenvalue weighted by Crippen LogP contribution is -2.52. The van der Waals surface area contributed by atoms with Gasteiger partial charge in [-0.25, -0.2) is 13.4 Å². The number of ether oxygens (including phenoxy) is 1. The zero-order valence-electron chi connectivity index (χ0n) is 27.3. The first-order valence-corrected chi connectivity index (χ1v) is 17.5. The Morgan fingerprint density at radius 2 is 1.73 bits per heavy atom. The Kier molecular flexibility index (Phi) is 11.9. The van der Waals surface area contributed by atoms with Crippen molar-refractivity contribution in [2.45, 2.75) is 58.1 Å². The van der Waals surface area contributed by atoms with Gasteiger partial charge in [0.2, 0.25) is 15.9 Å². The van der Waals surface area contributed by atoms with Gasteiger partial charge in [0.1, 0.15) is 5.75 Å². The van der Waals surface area contributed by atoms with Crippen molar-refractivity contribution in [1.29, 1.82) is 0 Å². The van der Waals surface area contributed by atoms with Crippen LogP contribution in [0.15, 0.2) is 65.6 Å². The molecule has 15 heteroatoms. The average Bonchev–Trinajstić information content (AvgIpc) is 3.41. The summed E-state index contributed by atoms with van der Waals surface area (Å²) >= 11 is 1.15. The van der Waals surface area contributed by atoms with Gasteiger partial charge in [0, 0.05) is 32.1 Å². The fraction of sp³-hybridized carbons (Fsp3) is 0.364. The number of anilines is 1. The highest BCUT2D eigenvalue weighted by molar-refractivity contribution is 7.89. The van der Waals surface area contributed by atoms with E-state index in [1.54, 1.807) is 19.9 Å². The fourth-order valence-electron chi connectivity index (χ4n) is 5.23. The topological polar surface area (TPSA) is 181 Å². The number of carbonyl (C=O) groups is 2. The van der Waals surface area contributed by atoms with Crippen LogP contribution in [0.4, 0.5) is 10.8 Å². The van der Waals surface area contributed by atoms with Crippen molar-refractivity contribution >= 4 is 54.2 Å². The number of hydrogen-bond donors (Lipinski definition) is 3. The number of nitrogens with one attached hydrogen (secondary N) is 2. The number of fused-ring (bicyclic) bond motifs is 1. The maximum Gasteiger partial charge on any atom is 0.270 e. The number of aliphatic hydroxyl groups is 1. The van der Waals surface area contributed by atoms with Crippen LogP contribution < -0.4 is 15.4 Å². The van der Waals surface area contributed by atoms with Gasteiger partial charge in [-0.05, 0) is 61.1 Å². The van der Waals surface area contributed by atoms with Crippen LogP contribution in [0.5, 0.6) is 5.75 Å². The highest BCUT2D eigenvalue weighted by Crippen LogP contribution is 2.30. The quantitative estimate of drug-likeness (QED) is 0.118. The molecule has 3 N–H and O–H groups in total. The summed E-state index contributed by atoms with van der Waals surface area (Å²) in [6, 6.07) is 15.5. The van der Waals surface area contributed by atoms with Crippen LogP contribution in [-0.2, 0) is 26.0 Å². The number of non-ortho nitro benzene ring substituents is 1. The lowest BCUT2D eigenvalue weighted by Gasteiger charge is -2.30. The summed E-state index contributed by atoms with van der Waals surface area (Å²) in [5.41, 5.74) is 2.25. The molecule has 0 unspecified atom stereocenters. The number of rotatable bonds is 15. The van der Waals surface area contributed by atoms with Gasteiger partial charge in [-0.1, -0.05) is 55.5 Å². The number of carbonyl (C=O) groups excluding carboxylic acids is 2. The Morgan fingerprint density at radius 3 is 2.33 bits per heavy atom. The molecular formula is C33H39N5O8S2. The summed E-state index contributed by atoms with van der Waals surface area (Å²) in [6.45, 7) is 7.75. The monoisotopic (exact) mass is 697 g/mol. The normalized spacial score (nSPS) is 13.0. The standard InChI is InChI=1S/C33H39N5O8S2/c1-20(2)17-37(48(44,45)26-11-12-27-30(16-26)47-33(36-27)34-23(5)39)18-29(40)28(15-24-9-7-6-8-10-24)35-31(41)19-46-32-21(3)13-25(38(42)43)14-22(32)4/h6-14,16,20,28-29,40H,15,17-19H2,1-5H3,(H,35,41)(H,34,36,39)/t28-,29+/m0/s1. The molecule has 0 aliphatic carbocycles. The number of aryl methyl sites for hydroxylation is 2. The molecule has 0 fully saturated rings. The van der Waals surface area contributed by atoms with Crippen LogP contribution >= 0.6 is 11.3 Å². The summed E-state index contributed by atoms with van der Waals surface area (Å²) in [6.07, 6.45) is -1.11. The highest BCUT2D eigenvalue weighted by atomic mass is 32.2. The van der Waals surface area contributed by atoms with Gasteiger partial charge in [0.05, 0.1) is 32.2 Å². The van der Waals surface area contributed by atoms with E-state index in [0.717, 1.165) is 16.9 Å². The van der Waals surface area contributed by atoms with E-state index in [1.165, 1.54) is 35.5 Å². The number of hydrogen-bond acceptors (Lipinski definition) is 10. The molecule has 0 radical (unpaired) electrons. The van der Waals surface area contributed by atoms with Crippen molar-refractivity contribution < 1.29 is 32.8 Å². The third-order valence-corrected chi connectivity index (χ3v) is 10.1. The molecule has 0 aliphatic rings. The molecule has 3 aromatic carbocycles. The van der Waals surface area contributed by atoms with Crippen LogP contribution in [0.25, 0.3) is 10.2 Å². The Morgan fingerprint density at radius 1 is 1.06 bits per heavy atom. The molecule has 0 saturated heterocycles. The van der Waals surface area contributed by atoms with Crippen LogP contribution in [0.3, 0.4) is 0 Å². The number of nitro groups is 1. The molecule has 0 bridgehead atoms. The van der Waals surface area contributed by atoms with Gasteiger partial charge in [-0.3, -0.25) is 19.7 Å².